The number of nitrogens with zero attached hydrogens (tertiary/aromatic N) is 3. The highest BCUT2D eigenvalue weighted by atomic mass is 16.1. The minimum absolute atomic E-state index is 0.205. The van der Waals surface area contributed by atoms with Crippen LogP contribution in [0.25, 0.3) is 22.2 Å². The van der Waals surface area contributed by atoms with Crippen molar-refractivity contribution in [1.82, 2.24) is 14.8 Å². The molecule has 29 heavy (non-hydrogen) atoms. The molecule has 1 atom stereocenters. The fourth-order valence-electron chi connectivity index (χ4n) is 4.22. The van der Waals surface area contributed by atoms with Crippen molar-refractivity contribution < 1.29 is 4.79 Å². The highest BCUT2D eigenvalue weighted by Gasteiger charge is 2.29. The molecule has 0 saturated heterocycles. The quantitative estimate of drug-likeness (QED) is 0.528. The standard InChI is InChI=1S/C25H27N3O/c1-15(2)19-12-21(17(5)24(29)13-19)22-14-27-28(25(22)16(3)4)20-8-9-23-18(11-20)7-6-10-26-23/h6-11,14,16,19H,1,12-13H2,2-5H3. The zero-order valence-corrected chi connectivity index (χ0v) is 17.6. The molecule has 4 rings (SSSR count). The van der Waals surface area contributed by atoms with E-state index in [0.717, 1.165) is 51.0 Å². The summed E-state index contributed by atoms with van der Waals surface area (Å²) in [6, 6.07) is 10.2. The Labute approximate surface area is 172 Å². The van der Waals surface area contributed by atoms with Gasteiger partial charge in [-0.1, -0.05) is 32.1 Å². The third-order valence-corrected chi connectivity index (χ3v) is 5.96. The van der Waals surface area contributed by atoms with Crippen LogP contribution in [0.2, 0.25) is 0 Å². The molecule has 0 amide bonds. The molecule has 148 valence electrons. The largest absolute Gasteiger partial charge is 0.295 e. The van der Waals surface area contributed by atoms with Crippen LogP contribution in [0.3, 0.4) is 0 Å². The van der Waals surface area contributed by atoms with Gasteiger partial charge in [0, 0.05) is 23.6 Å². The van der Waals surface area contributed by atoms with E-state index in [-0.39, 0.29) is 17.6 Å². The monoisotopic (exact) mass is 385 g/mol. The third-order valence-electron chi connectivity index (χ3n) is 5.96. The van der Waals surface area contributed by atoms with Crippen molar-refractivity contribution >= 4 is 22.3 Å². The van der Waals surface area contributed by atoms with Gasteiger partial charge in [0.2, 0.25) is 0 Å². The topological polar surface area (TPSA) is 47.8 Å². The SMILES string of the molecule is C=C(C)C1CC(=O)C(C)=C(c2cnn(-c3ccc4ncccc4c3)c2C(C)C)C1. The maximum Gasteiger partial charge on any atom is 0.159 e. The third kappa shape index (κ3) is 3.44. The van der Waals surface area contributed by atoms with Gasteiger partial charge >= 0.3 is 0 Å². The van der Waals surface area contributed by atoms with Crippen molar-refractivity contribution in [2.45, 2.75) is 46.5 Å². The molecule has 1 unspecified atom stereocenters. The van der Waals surface area contributed by atoms with Crippen molar-refractivity contribution in [2.75, 3.05) is 0 Å². The van der Waals surface area contributed by atoms with Gasteiger partial charge in [0.15, 0.2) is 5.78 Å². The van der Waals surface area contributed by atoms with Crippen LogP contribution in [0.4, 0.5) is 0 Å². The summed E-state index contributed by atoms with van der Waals surface area (Å²) in [5.74, 6) is 0.687. The fourth-order valence-corrected chi connectivity index (χ4v) is 4.22. The van der Waals surface area contributed by atoms with Gasteiger partial charge in [-0.15, -0.1) is 0 Å². The highest BCUT2D eigenvalue weighted by Crippen LogP contribution is 2.39. The summed E-state index contributed by atoms with van der Waals surface area (Å²) in [7, 11) is 0. The van der Waals surface area contributed by atoms with Gasteiger partial charge in [-0.25, -0.2) is 4.68 Å². The number of carbonyl (C=O) groups is 1. The Morgan fingerprint density at radius 1 is 1.24 bits per heavy atom. The zero-order chi connectivity index (χ0) is 20.7. The highest BCUT2D eigenvalue weighted by molar-refractivity contribution is 6.04. The van der Waals surface area contributed by atoms with Gasteiger partial charge in [0.25, 0.3) is 0 Å². The van der Waals surface area contributed by atoms with Crippen molar-refractivity contribution in [2.24, 2.45) is 5.92 Å². The second-order valence-electron chi connectivity index (χ2n) is 8.37. The summed E-state index contributed by atoms with van der Waals surface area (Å²) in [6.07, 6.45) is 5.14. The number of ketones is 1. The Kier molecular flexibility index (Phi) is 4.95. The van der Waals surface area contributed by atoms with E-state index >= 15 is 0 Å². The average molecular weight is 386 g/mol. The molecular formula is C25H27N3O. The molecule has 0 N–H and O–H groups in total. The molecule has 0 saturated carbocycles. The predicted octanol–water partition coefficient (Wildman–Crippen LogP) is 5.87. The Hall–Kier alpha value is -3.01. The lowest BCUT2D eigenvalue weighted by Crippen LogP contribution is -2.19. The van der Waals surface area contributed by atoms with Crippen LogP contribution in [0, 0.1) is 5.92 Å². The predicted molar refractivity (Wildman–Crippen MR) is 118 cm³/mol. The van der Waals surface area contributed by atoms with Gasteiger partial charge in [0.1, 0.15) is 0 Å². The first-order chi connectivity index (χ1) is 13.9. The Morgan fingerprint density at radius 3 is 2.76 bits per heavy atom. The number of Topliss-reactive ketones (excluding diaryl/α,β-unsaturated/α-hetero) is 1. The molecule has 0 spiro atoms. The van der Waals surface area contributed by atoms with E-state index in [9.17, 15) is 4.79 Å². The molecule has 0 aliphatic heterocycles. The first-order valence-electron chi connectivity index (χ1n) is 10.2. The lowest BCUT2D eigenvalue weighted by atomic mass is 9.77. The van der Waals surface area contributed by atoms with Crippen molar-refractivity contribution in [1.29, 1.82) is 0 Å². The second kappa shape index (κ2) is 7.43. The lowest BCUT2D eigenvalue weighted by Gasteiger charge is -2.26. The first kappa shape index (κ1) is 19.3. The maximum absolute atomic E-state index is 12.7. The van der Waals surface area contributed by atoms with Crippen LogP contribution >= 0.6 is 0 Å². The second-order valence-corrected chi connectivity index (χ2v) is 8.37. The molecule has 4 nitrogen and oxygen atoms in total. The number of pyridine rings is 1. The molecule has 1 aliphatic carbocycles. The summed E-state index contributed by atoms with van der Waals surface area (Å²) in [6.45, 7) is 12.4. The number of allylic oxidation sites excluding steroid dienone is 3. The number of hydrogen-bond donors (Lipinski definition) is 0. The summed E-state index contributed by atoms with van der Waals surface area (Å²) >= 11 is 0. The minimum Gasteiger partial charge on any atom is -0.295 e. The van der Waals surface area contributed by atoms with Crippen LogP contribution in [0.5, 0.6) is 0 Å². The Morgan fingerprint density at radius 2 is 2.03 bits per heavy atom. The minimum atomic E-state index is 0.205. The zero-order valence-electron chi connectivity index (χ0n) is 17.6. The number of hydrogen-bond acceptors (Lipinski definition) is 3. The van der Waals surface area contributed by atoms with E-state index in [1.807, 2.05) is 36.9 Å². The van der Waals surface area contributed by atoms with E-state index < -0.39 is 0 Å². The normalized spacial score (nSPS) is 17.4. The number of benzene rings is 1. The van der Waals surface area contributed by atoms with E-state index in [4.69, 9.17) is 5.10 Å². The molecule has 1 aliphatic rings. The molecule has 0 fully saturated rings. The average Bonchev–Trinajstić information content (AvgIpc) is 3.14. The van der Waals surface area contributed by atoms with Crippen molar-refractivity contribution in [3.63, 3.8) is 0 Å². The van der Waals surface area contributed by atoms with E-state index in [1.165, 1.54) is 0 Å². The van der Waals surface area contributed by atoms with Crippen LogP contribution in [-0.2, 0) is 4.79 Å². The number of carbonyl (C=O) groups excluding carboxylic acids is 1. The smallest absolute Gasteiger partial charge is 0.159 e. The van der Waals surface area contributed by atoms with Crippen LogP contribution in [0.1, 0.15) is 57.7 Å². The summed E-state index contributed by atoms with van der Waals surface area (Å²) in [5, 5.41) is 5.83. The number of aromatic nitrogens is 3. The maximum atomic E-state index is 12.7. The molecule has 0 bridgehead atoms. The summed E-state index contributed by atoms with van der Waals surface area (Å²) < 4.78 is 2.02. The first-order valence-corrected chi connectivity index (χ1v) is 10.2. The van der Waals surface area contributed by atoms with Gasteiger partial charge in [-0.2, -0.15) is 5.10 Å². The van der Waals surface area contributed by atoms with E-state index in [2.05, 4.69) is 43.6 Å². The molecule has 0 radical (unpaired) electrons. The number of rotatable bonds is 4. The fraction of sp³-hybridized carbons (Fsp3) is 0.320. The summed E-state index contributed by atoms with van der Waals surface area (Å²) in [5.41, 5.74) is 7.26. The van der Waals surface area contributed by atoms with E-state index in [0.29, 0.717) is 6.42 Å². The molecule has 2 aromatic heterocycles. The van der Waals surface area contributed by atoms with Crippen LogP contribution in [-0.4, -0.2) is 20.5 Å². The van der Waals surface area contributed by atoms with Gasteiger partial charge in [-0.3, -0.25) is 9.78 Å². The number of fused-ring (bicyclic) bond motifs is 1. The molecular weight excluding hydrogens is 358 g/mol. The van der Waals surface area contributed by atoms with Crippen LogP contribution < -0.4 is 0 Å². The Bertz CT molecular complexity index is 1150. The van der Waals surface area contributed by atoms with Gasteiger partial charge < -0.3 is 0 Å². The Balaban J connectivity index is 1.86. The summed E-state index contributed by atoms with van der Waals surface area (Å²) in [4.78, 5) is 17.1. The molecule has 3 aromatic rings. The lowest BCUT2D eigenvalue weighted by molar-refractivity contribution is -0.116. The van der Waals surface area contributed by atoms with Crippen molar-refractivity contribution in [3.8, 4) is 5.69 Å². The molecule has 1 aromatic carbocycles. The van der Waals surface area contributed by atoms with Gasteiger partial charge in [0.05, 0.1) is 23.1 Å². The van der Waals surface area contributed by atoms with E-state index in [1.54, 1.807) is 6.20 Å². The van der Waals surface area contributed by atoms with Gasteiger partial charge in [-0.05, 0) is 67.5 Å². The van der Waals surface area contributed by atoms with Crippen molar-refractivity contribution in [3.05, 3.63) is 71.7 Å². The van der Waals surface area contributed by atoms with Crippen LogP contribution in [0.15, 0.2) is 60.5 Å². The molecule has 2 heterocycles. The molecule has 4 heteroatoms.